The summed E-state index contributed by atoms with van der Waals surface area (Å²) >= 11 is 18.9. The number of rotatable bonds is 3. The third kappa shape index (κ3) is 3.13. The number of nitrogens with zero attached hydrogens (tertiary/aromatic N) is 2. The van der Waals surface area contributed by atoms with Gasteiger partial charge in [0.1, 0.15) is 5.82 Å². The number of imidazole rings is 1. The van der Waals surface area contributed by atoms with E-state index in [1.807, 2.05) is 66.7 Å². The number of benzene rings is 3. The zero-order valence-electron chi connectivity index (χ0n) is 13.1. The summed E-state index contributed by atoms with van der Waals surface area (Å²) in [5.41, 5.74) is 3.76. The summed E-state index contributed by atoms with van der Waals surface area (Å²) in [6.07, 6.45) is 0. The van der Waals surface area contributed by atoms with E-state index in [0.29, 0.717) is 21.6 Å². The highest BCUT2D eigenvalue weighted by molar-refractivity contribution is 6.36. The van der Waals surface area contributed by atoms with Crippen LogP contribution in [0.4, 0.5) is 0 Å². The van der Waals surface area contributed by atoms with Gasteiger partial charge < -0.3 is 4.57 Å². The molecule has 4 aromatic rings. The molecule has 0 aliphatic heterocycles. The summed E-state index contributed by atoms with van der Waals surface area (Å²) in [6.45, 7) is 0.529. The molecule has 3 aromatic carbocycles. The highest BCUT2D eigenvalue weighted by atomic mass is 35.5. The molecule has 25 heavy (non-hydrogen) atoms. The van der Waals surface area contributed by atoms with Crippen molar-refractivity contribution in [2.24, 2.45) is 0 Å². The normalized spacial score (nSPS) is 11.2. The number of halogens is 3. The second-order valence-corrected chi connectivity index (χ2v) is 6.97. The first-order chi connectivity index (χ1) is 12.1. The lowest BCUT2D eigenvalue weighted by Crippen LogP contribution is -2.03. The van der Waals surface area contributed by atoms with E-state index in [0.717, 1.165) is 28.0 Å². The van der Waals surface area contributed by atoms with Crippen molar-refractivity contribution in [2.45, 2.75) is 6.54 Å². The van der Waals surface area contributed by atoms with Crippen molar-refractivity contribution in [3.63, 3.8) is 0 Å². The van der Waals surface area contributed by atoms with Crippen LogP contribution in [0.25, 0.3) is 22.4 Å². The van der Waals surface area contributed by atoms with E-state index in [-0.39, 0.29) is 0 Å². The van der Waals surface area contributed by atoms with E-state index >= 15 is 0 Å². The van der Waals surface area contributed by atoms with E-state index in [4.69, 9.17) is 39.8 Å². The Hall–Kier alpha value is -2.00. The maximum absolute atomic E-state index is 6.38. The van der Waals surface area contributed by atoms with Crippen LogP contribution < -0.4 is 0 Å². The molecule has 0 aliphatic carbocycles. The first-order valence-corrected chi connectivity index (χ1v) is 8.91. The minimum absolute atomic E-state index is 0.529. The van der Waals surface area contributed by atoms with Crippen LogP contribution >= 0.6 is 34.8 Å². The molecule has 1 aromatic heterocycles. The van der Waals surface area contributed by atoms with Crippen molar-refractivity contribution in [3.05, 3.63) is 87.4 Å². The predicted molar refractivity (Wildman–Crippen MR) is 106 cm³/mol. The Kier molecular flexibility index (Phi) is 4.43. The molecule has 0 saturated carbocycles. The van der Waals surface area contributed by atoms with Gasteiger partial charge in [-0.25, -0.2) is 4.98 Å². The molecule has 0 spiro atoms. The van der Waals surface area contributed by atoms with Gasteiger partial charge in [-0.15, -0.1) is 0 Å². The first-order valence-electron chi connectivity index (χ1n) is 7.77. The Balaban J connectivity index is 1.94. The number of aromatic nitrogens is 2. The molecule has 0 radical (unpaired) electrons. The summed E-state index contributed by atoms with van der Waals surface area (Å²) in [5.74, 6) is 0.833. The lowest BCUT2D eigenvalue weighted by atomic mass is 10.2. The van der Waals surface area contributed by atoms with Crippen molar-refractivity contribution in [1.29, 1.82) is 0 Å². The molecular weight excluding hydrogens is 375 g/mol. The van der Waals surface area contributed by atoms with Gasteiger partial charge in [-0.3, -0.25) is 0 Å². The fourth-order valence-corrected chi connectivity index (χ4v) is 3.63. The number of para-hydroxylation sites is 2. The smallest absolute Gasteiger partial charge is 0.141 e. The molecule has 0 saturated heterocycles. The molecule has 0 amide bonds. The van der Waals surface area contributed by atoms with Crippen molar-refractivity contribution in [2.75, 3.05) is 0 Å². The molecule has 2 nitrogen and oxygen atoms in total. The van der Waals surface area contributed by atoms with Crippen molar-refractivity contribution < 1.29 is 0 Å². The highest BCUT2D eigenvalue weighted by Crippen LogP contribution is 2.31. The summed E-state index contributed by atoms with van der Waals surface area (Å²) in [7, 11) is 0. The van der Waals surface area contributed by atoms with Gasteiger partial charge in [0.25, 0.3) is 0 Å². The number of fused-ring (bicyclic) bond motifs is 1. The SMILES string of the molecule is Clc1cccc(-c2nc3ccccc3n2Cc2c(Cl)cccc2Cl)c1. The quantitative estimate of drug-likeness (QED) is 0.382. The summed E-state index contributed by atoms with van der Waals surface area (Å²) in [6, 6.07) is 21.2. The Labute approximate surface area is 160 Å². The Morgan fingerprint density at radius 3 is 2.28 bits per heavy atom. The zero-order chi connectivity index (χ0) is 17.4. The van der Waals surface area contributed by atoms with Crippen molar-refractivity contribution >= 4 is 45.8 Å². The van der Waals surface area contributed by atoms with Gasteiger partial charge in [0.2, 0.25) is 0 Å². The van der Waals surface area contributed by atoms with E-state index in [2.05, 4.69) is 4.57 Å². The maximum atomic E-state index is 6.38. The molecule has 0 fully saturated rings. The van der Waals surface area contributed by atoms with Crippen LogP contribution in [0.15, 0.2) is 66.7 Å². The molecule has 0 aliphatic rings. The summed E-state index contributed by atoms with van der Waals surface area (Å²) < 4.78 is 2.12. The van der Waals surface area contributed by atoms with Crippen molar-refractivity contribution in [1.82, 2.24) is 9.55 Å². The molecule has 0 unspecified atom stereocenters. The van der Waals surface area contributed by atoms with E-state index in [1.54, 1.807) is 0 Å². The maximum Gasteiger partial charge on any atom is 0.141 e. The van der Waals surface area contributed by atoms with Crippen LogP contribution in [-0.4, -0.2) is 9.55 Å². The Bertz CT molecular complexity index is 1050. The van der Waals surface area contributed by atoms with Gasteiger partial charge >= 0.3 is 0 Å². The second kappa shape index (κ2) is 6.72. The van der Waals surface area contributed by atoms with Gasteiger partial charge in [0, 0.05) is 26.2 Å². The molecule has 0 atom stereocenters. The van der Waals surface area contributed by atoms with Crippen LogP contribution in [0.3, 0.4) is 0 Å². The molecule has 124 valence electrons. The minimum atomic E-state index is 0.529. The standard InChI is InChI=1S/C20H13Cl3N2/c21-14-6-3-5-13(11-14)20-24-18-9-1-2-10-19(18)25(20)12-15-16(22)7-4-8-17(15)23/h1-11H,12H2. The highest BCUT2D eigenvalue weighted by Gasteiger charge is 2.15. The fraction of sp³-hybridized carbons (Fsp3) is 0.0500. The summed E-state index contributed by atoms with van der Waals surface area (Å²) in [5, 5.41) is 1.96. The average Bonchev–Trinajstić information content (AvgIpc) is 2.97. The minimum Gasteiger partial charge on any atom is -0.319 e. The second-order valence-electron chi connectivity index (χ2n) is 5.72. The average molecular weight is 388 g/mol. The number of hydrogen-bond donors (Lipinski definition) is 0. The van der Waals surface area contributed by atoms with E-state index in [1.165, 1.54) is 0 Å². The van der Waals surface area contributed by atoms with Crippen LogP contribution in [0.2, 0.25) is 15.1 Å². The third-order valence-electron chi connectivity index (χ3n) is 4.12. The predicted octanol–water partition coefficient (Wildman–Crippen LogP) is 6.71. The molecule has 0 N–H and O–H groups in total. The molecule has 1 heterocycles. The van der Waals surface area contributed by atoms with Crippen LogP contribution in [0, 0.1) is 0 Å². The van der Waals surface area contributed by atoms with Gasteiger partial charge in [-0.2, -0.15) is 0 Å². The van der Waals surface area contributed by atoms with Gasteiger partial charge in [0.05, 0.1) is 17.6 Å². The zero-order valence-corrected chi connectivity index (χ0v) is 15.4. The number of hydrogen-bond acceptors (Lipinski definition) is 1. The molecular formula is C20H13Cl3N2. The van der Waals surface area contributed by atoms with Crippen LogP contribution in [0.5, 0.6) is 0 Å². The largest absolute Gasteiger partial charge is 0.319 e. The monoisotopic (exact) mass is 386 g/mol. The van der Waals surface area contributed by atoms with Gasteiger partial charge in [-0.05, 0) is 36.4 Å². The first kappa shape index (κ1) is 16.5. The van der Waals surface area contributed by atoms with Gasteiger partial charge in [0.15, 0.2) is 0 Å². The lowest BCUT2D eigenvalue weighted by molar-refractivity contribution is 0.835. The van der Waals surface area contributed by atoms with Gasteiger partial charge in [-0.1, -0.05) is 65.1 Å². The lowest BCUT2D eigenvalue weighted by Gasteiger charge is -2.12. The Morgan fingerprint density at radius 1 is 0.800 bits per heavy atom. The molecule has 0 bridgehead atoms. The van der Waals surface area contributed by atoms with E-state index in [9.17, 15) is 0 Å². The van der Waals surface area contributed by atoms with Crippen molar-refractivity contribution in [3.8, 4) is 11.4 Å². The van der Waals surface area contributed by atoms with E-state index < -0.39 is 0 Å². The Morgan fingerprint density at radius 2 is 1.52 bits per heavy atom. The van der Waals surface area contributed by atoms with Crippen LogP contribution in [-0.2, 0) is 6.54 Å². The molecule has 5 heteroatoms. The van der Waals surface area contributed by atoms with Crippen LogP contribution in [0.1, 0.15) is 5.56 Å². The summed E-state index contributed by atoms with van der Waals surface area (Å²) in [4.78, 5) is 4.80. The topological polar surface area (TPSA) is 17.8 Å². The third-order valence-corrected chi connectivity index (χ3v) is 5.06. The molecule has 4 rings (SSSR count). The fourth-order valence-electron chi connectivity index (χ4n) is 2.93.